The Hall–Kier alpha value is -0.790. The van der Waals surface area contributed by atoms with E-state index < -0.39 is 0 Å². The van der Waals surface area contributed by atoms with Gasteiger partial charge in [0.2, 0.25) is 0 Å². The molecule has 2 rings (SSSR count). The minimum absolute atomic E-state index is 0. The van der Waals surface area contributed by atoms with E-state index in [1.807, 2.05) is 0 Å². The number of guanidine groups is 1. The molecule has 1 heterocycles. The zero-order valence-electron chi connectivity index (χ0n) is 13.7. The summed E-state index contributed by atoms with van der Waals surface area (Å²) in [6, 6.07) is 0.481. The van der Waals surface area contributed by atoms with Crippen molar-refractivity contribution in [3.05, 3.63) is 17.0 Å². The third-order valence-electron chi connectivity index (χ3n) is 4.22. The molecule has 0 atom stereocenters. The molecule has 0 aliphatic heterocycles. The highest BCUT2D eigenvalue weighted by atomic mass is 127. The number of rotatable bonds is 5. The van der Waals surface area contributed by atoms with Gasteiger partial charge in [0, 0.05) is 18.0 Å². The number of nitrogens with one attached hydrogen (secondary N) is 1. The fraction of sp³-hybridized carbons (Fsp3) is 0.750. The Balaban J connectivity index is 0.00000242. The summed E-state index contributed by atoms with van der Waals surface area (Å²) < 4.78 is 5.35. The van der Waals surface area contributed by atoms with E-state index in [-0.39, 0.29) is 24.0 Å². The molecule has 3 N–H and O–H groups in total. The fourth-order valence-corrected chi connectivity index (χ4v) is 2.96. The highest BCUT2D eigenvalue weighted by molar-refractivity contribution is 14.0. The second-order valence-electron chi connectivity index (χ2n) is 5.77. The van der Waals surface area contributed by atoms with Crippen molar-refractivity contribution < 1.29 is 4.52 Å². The van der Waals surface area contributed by atoms with Gasteiger partial charge in [0.05, 0.1) is 12.2 Å². The lowest BCUT2D eigenvalue weighted by Crippen LogP contribution is -2.39. The Morgan fingerprint density at radius 3 is 2.50 bits per heavy atom. The maximum Gasteiger partial charge on any atom is 0.189 e. The number of hydrogen-bond donors (Lipinski definition) is 2. The number of aromatic nitrogens is 1. The maximum absolute atomic E-state index is 6.04. The highest BCUT2D eigenvalue weighted by Crippen LogP contribution is 2.18. The van der Waals surface area contributed by atoms with Crippen LogP contribution in [0.1, 0.15) is 69.4 Å². The zero-order valence-corrected chi connectivity index (χ0v) is 16.1. The summed E-state index contributed by atoms with van der Waals surface area (Å²) in [4.78, 5) is 4.49. The second kappa shape index (κ2) is 10.1. The van der Waals surface area contributed by atoms with Crippen LogP contribution in [0.3, 0.4) is 0 Å². The molecule has 0 amide bonds. The number of hydrogen-bond acceptors (Lipinski definition) is 3. The van der Waals surface area contributed by atoms with Gasteiger partial charge in [-0.1, -0.05) is 44.7 Å². The average Bonchev–Trinajstić information content (AvgIpc) is 2.72. The van der Waals surface area contributed by atoms with Gasteiger partial charge in [0.25, 0.3) is 0 Å². The van der Waals surface area contributed by atoms with Crippen molar-refractivity contribution in [2.45, 2.75) is 77.8 Å². The largest absolute Gasteiger partial charge is 0.370 e. The molecule has 5 nitrogen and oxygen atoms in total. The lowest BCUT2D eigenvalue weighted by molar-refractivity contribution is 0.380. The van der Waals surface area contributed by atoms with Crippen LogP contribution in [0.5, 0.6) is 0 Å². The lowest BCUT2D eigenvalue weighted by atomic mass is 10.1. The summed E-state index contributed by atoms with van der Waals surface area (Å²) in [5.41, 5.74) is 8.14. The zero-order chi connectivity index (χ0) is 15.1. The summed E-state index contributed by atoms with van der Waals surface area (Å²) in [7, 11) is 0. The average molecular weight is 420 g/mol. The molecule has 1 aromatic heterocycles. The number of aryl methyl sites for hydroxylation is 2. The quantitative estimate of drug-likeness (QED) is 0.331. The molecule has 1 fully saturated rings. The minimum atomic E-state index is 0. The van der Waals surface area contributed by atoms with Crippen molar-refractivity contribution in [3.8, 4) is 0 Å². The summed E-state index contributed by atoms with van der Waals surface area (Å²) in [6.45, 7) is 4.71. The van der Waals surface area contributed by atoms with E-state index in [9.17, 15) is 0 Å². The van der Waals surface area contributed by atoms with E-state index in [1.165, 1.54) is 38.5 Å². The first-order valence-corrected chi connectivity index (χ1v) is 8.27. The van der Waals surface area contributed by atoms with Gasteiger partial charge < -0.3 is 15.6 Å². The molecule has 1 saturated carbocycles. The molecule has 0 radical (unpaired) electrons. The molecular weight excluding hydrogens is 391 g/mol. The van der Waals surface area contributed by atoms with Gasteiger partial charge in [-0.2, -0.15) is 0 Å². The molecule has 22 heavy (non-hydrogen) atoms. The van der Waals surface area contributed by atoms with Crippen LogP contribution in [0.2, 0.25) is 0 Å². The summed E-state index contributed by atoms with van der Waals surface area (Å²) in [6.07, 6.45) is 9.37. The van der Waals surface area contributed by atoms with Crippen molar-refractivity contribution >= 4 is 29.9 Å². The summed E-state index contributed by atoms with van der Waals surface area (Å²) in [5, 5.41) is 7.48. The summed E-state index contributed by atoms with van der Waals surface area (Å²) >= 11 is 0. The van der Waals surface area contributed by atoms with Crippen molar-refractivity contribution in [1.82, 2.24) is 10.5 Å². The van der Waals surface area contributed by atoms with Crippen LogP contribution in [-0.2, 0) is 19.4 Å². The van der Waals surface area contributed by atoms with Gasteiger partial charge in [-0.25, -0.2) is 4.99 Å². The SMILES string of the molecule is CCc1noc(CC)c1CN=C(N)NC1CCCCCC1.I. The molecule has 0 spiro atoms. The highest BCUT2D eigenvalue weighted by Gasteiger charge is 2.14. The minimum Gasteiger partial charge on any atom is -0.370 e. The van der Waals surface area contributed by atoms with Gasteiger partial charge in [-0.3, -0.25) is 0 Å². The lowest BCUT2D eigenvalue weighted by Gasteiger charge is -2.16. The normalized spacial score (nSPS) is 16.9. The topological polar surface area (TPSA) is 76.4 Å². The van der Waals surface area contributed by atoms with Crippen molar-refractivity contribution in [1.29, 1.82) is 0 Å². The predicted molar refractivity (Wildman–Crippen MR) is 101 cm³/mol. The third-order valence-corrected chi connectivity index (χ3v) is 4.22. The van der Waals surface area contributed by atoms with Crippen LogP contribution in [0.15, 0.2) is 9.52 Å². The standard InChI is InChI=1S/C16H28N4O.HI/c1-3-14-13(15(4-2)21-20-14)11-18-16(17)19-12-9-7-5-6-8-10-12;/h12H,3-11H2,1-2H3,(H3,17,18,19);1H. The van der Waals surface area contributed by atoms with Gasteiger partial charge >= 0.3 is 0 Å². The van der Waals surface area contributed by atoms with E-state index in [0.717, 1.165) is 29.9 Å². The maximum atomic E-state index is 6.04. The van der Waals surface area contributed by atoms with Crippen molar-refractivity contribution in [2.24, 2.45) is 10.7 Å². The Kier molecular flexibility index (Phi) is 8.82. The van der Waals surface area contributed by atoms with Gasteiger partial charge in [-0.05, 0) is 19.3 Å². The molecule has 6 heteroatoms. The Morgan fingerprint density at radius 2 is 1.91 bits per heavy atom. The summed E-state index contributed by atoms with van der Waals surface area (Å²) in [5.74, 6) is 1.48. The molecule has 1 aliphatic carbocycles. The molecule has 0 saturated heterocycles. The third kappa shape index (κ3) is 5.44. The smallest absolute Gasteiger partial charge is 0.189 e. The van der Waals surface area contributed by atoms with E-state index in [0.29, 0.717) is 18.5 Å². The van der Waals surface area contributed by atoms with Gasteiger partial charge in [-0.15, -0.1) is 24.0 Å². The van der Waals surface area contributed by atoms with Crippen molar-refractivity contribution in [3.63, 3.8) is 0 Å². The van der Waals surface area contributed by atoms with E-state index in [4.69, 9.17) is 10.3 Å². The first-order chi connectivity index (χ1) is 10.2. The van der Waals surface area contributed by atoms with Crippen LogP contribution < -0.4 is 11.1 Å². The Bertz CT molecular complexity index is 443. The van der Waals surface area contributed by atoms with Crippen LogP contribution in [0.25, 0.3) is 0 Å². The molecule has 126 valence electrons. The van der Waals surface area contributed by atoms with Crippen molar-refractivity contribution in [2.75, 3.05) is 0 Å². The van der Waals surface area contributed by atoms with E-state index >= 15 is 0 Å². The molecule has 0 bridgehead atoms. The number of aliphatic imine (C=N–C) groups is 1. The number of nitrogens with two attached hydrogens (primary N) is 1. The van der Waals surface area contributed by atoms with E-state index in [1.54, 1.807) is 0 Å². The second-order valence-corrected chi connectivity index (χ2v) is 5.77. The van der Waals surface area contributed by atoms with Crippen LogP contribution in [-0.4, -0.2) is 17.2 Å². The Morgan fingerprint density at radius 1 is 1.23 bits per heavy atom. The van der Waals surface area contributed by atoms with Crippen LogP contribution in [0.4, 0.5) is 0 Å². The fourth-order valence-electron chi connectivity index (χ4n) is 2.96. The molecule has 1 aliphatic rings. The Labute approximate surface area is 150 Å². The first-order valence-electron chi connectivity index (χ1n) is 8.27. The number of halogens is 1. The predicted octanol–water partition coefficient (Wildman–Crippen LogP) is 3.54. The molecule has 1 aromatic rings. The monoisotopic (exact) mass is 420 g/mol. The van der Waals surface area contributed by atoms with Gasteiger partial charge in [0.1, 0.15) is 5.76 Å². The number of nitrogens with zero attached hydrogens (tertiary/aromatic N) is 2. The molecular formula is C16H29IN4O. The van der Waals surface area contributed by atoms with Crippen LogP contribution >= 0.6 is 24.0 Å². The molecule has 0 unspecified atom stereocenters. The van der Waals surface area contributed by atoms with E-state index in [2.05, 4.69) is 29.3 Å². The first kappa shape index (κ1) is 19.3. The van der Waals surface area contributed by atoms with Crippen LogP contribution in [0, 0.1) is 0 Å². The van der Waals surface area contributed by atoms with Gasteiger partial charge in [0.15, 0.2) is 5.96 Å². The molecule has 0 aromatic carbocycles.